The van der Waals surface area contributed by atoms with Crippen molar-refractivity contribution in [3.05, 3.63) is 65.1 Å². The predicted octanol–water partition coefficient (Wildman–Crippen LogP) is 3.26. The summed E-state index contributed by atoms with van der Waals surface area (Å²) in [6.45, 7) is 2.18. The molecule has 1 amide bonds. The van der Waals surface area contributed by atoms with Crippen LogP contribution in [0.3, 0.4) is 0 Å². The van der Waals surface area contributed by atoms with Crippen molar-refractivity contribution in [1.82, 2.24) is 9.88 Å². The Hall–Kier alpha value is -2.82. The van der Waals surface area contributed by atoms with E-state index in [9.17, 15) is 14.3 Å². The van der Waals surface area contributed by atoms with Crippen molar-refractivity contribution >= 4 is 16.8 Å². The molecule has 0 aliphatic heterocycles. The molecule has 5 heteroatoms. The fourth-order valence-corrected chi connectivity index (χ4v) is 2.72. The zero-order chi connectivity index (χ0) is 16.6. The van der Waals surface area contributed by atoms with Crippen molar-refractivity contribution in [1.29, 1.82) is 0 Å². The van der Waals surface area contributed by atoms with Gasteiger partial charge in [0.25, 0.3) is 5.91 Å². The number of aromatic nitrogens is 1. The standard InChI is InChI=1S/C18H17FN2O2/c1-11-17(15-9-14(22)7-8-16(15)21(11)2)18(23)20-10-12-3-5-13(19)6-4-12/h3-9,22H,10H2,1-2H3,(H,20,23). The van der Waals surface area contributed by atoms with Crippen molar-refractivity contribution < 1.29 is 14.3 Å². The van der Waals surface area contributed by atoms with Crippen molar-refractivity contribution in [2.24, 2.45) is 7.05 Å². The Bertz CT molecular complexity index is 882. The van der Waals surface area contributed by atoms with Gasteiger partial charge in [-0.2, -0.15) is 0 Å². The summed E-state index contributed by atoms with van der Waals surface area (Å²) in [7, 11) is 1.88. The van der Waals surface area contributed by atoms with Gasteiger partial charge < -0.3 is 15.0 Å². The molecule has 0 saturated heterocycles. The Balaban J connectivity index is 1.90. The average molecular weight is 312 g/mol. The number of aryl methyl sites for hydroxylation is 1. The molecule has 0 unspecified atom stereocenters. The lowest BCUT2D eigenvalue weighted by atomic mass is 10.1. The van der Waals surface area contributed by atoms with Crippen molar-refractivity contribution in [3.63, 3.8) is 0 Å². The molecule has 23 heavy (non-hydrogen) atoms. The van der Waals surface area contributed by atoms with Crippen LogP contribution in [0.4, 0.5) is 4.39 Å². The van der Waals surface area contributed by atoms with Gasteiger partial charge in [0.1, 0.15) is 11.6 Å². The molecule has 0 saturated carbocycles. The van der Waals surface area contributed by atoms with Crippen LogP contribution in [0.1, 0.15) is 21.6 Å². The molecule has 3 rings (SSSR count). The van der Waals surface area contributed by atoms with Crippen LogP contribution in [-0.4, -0.2) is 15.6 Å². The number of nitrogens with zero attached hydrogens (tertiary/aromatic N) is 1. The maximum Gasteiger partial charge on any atom is 0.254 e. The number of halogens is 1. The number of phenolic OH excluding ortho intramolecular Hbond substituents is 1. The van der Waals surface area contributed by atoms with Crippen LogP contribution in [0.2, 0.25) is 0 Å². The summed E-state index contributed by atoms with van der Waals surface area (Å²) in [5.74, 6) is -0.404. The van der Waals surface area contributed by atoms with Crippen LogP contribution in [0.5, 0.6) is 5.75 Å². The van der Waals surface area contributed by atoms with Crippen molar-refractivity contribution in [2.45, 2.75) is 13.5 Å². The van der Waals surface area contributed by atoms with Crippen LogP contribution in [-0.2, 0) is 13.6 Å². The molecule has 3 aromatic rings. The Labute approximate surface area is 133 Å². The van der Waals surface area contributed by atoms with Gasteiger partial charge in [0.15, 0.2) is 0 Å². The Morgan fingerprint density at radius 1 is 1.22 bits per heavy atom. The number of amides is 1. The summed E-state index contributed by atoms with van der Waals surface area (Å²) in [4.78, 5) is 12.6. The second-order valence-electron chi connectivity index (χ2n) is 5.53. The first kappa shape index (κ1) is 15.1. The molecule has 2 N–H and O–H groups in total. The smallest absolute Gasteiger partial charge is 0.254 e. The lowest BCUT2D eigenvalue weighted by molar-refractivity contribution is 0.0951. The molecule has 0 aliphatic rings. The van der Waals surface area contributed by atoms with E-state index in [1.165, 1.54) is 12.1 Å². The van der Waals surface area contributed by atoms with Crippen LogP contribution in [0, 0.1) is 12.7 Å². The molecule has 1 heterocycles. The fourth-order valence-electron chi connectivity index (χ4n) is 2.72. The first-order valence-corrected chi connectivity index (χ1v) is 7.28. The van der Waals surface area contributed by atoms with Gasteiger partial charge in [0.2, 0.25) is 0 Å². The van der Waals surface area contributed by atoms with Gasteiger partial charge in [-0.05, 0) is 42.8 Å². The van der Waals surface area contributed by atoms with Crippen molar-refractivity contribution in [3.8, 4) is 5.75 Å². The third-order valence-electron chi connectivity index (χ3n) is 4.07. The second-order valence-corrected chi connectivity index (χ2v) is 5.53. The van der Waals surface area contributed by atoms with E-state index >= 15 is 0 Å². The predicted molar refractivity (Wildman–Crippen MR) is 86.9 cm³/mol. The van der Waals surface area contributed by atoms with Crippen LogP contribution < -0.4 is 5.32 Å². The summed E-state index contributed by atoms with van der Waals surface area (Å²) in [6, 6.07) is 11.0. The molecular formula is C18H17FN2O2. The molecule has 0 bridgehead atoms. The van der Waals surface area contributed by atoms with E-state index in [1.807, 2.05) is 18.5 Å². The SMILES string of the molecule is Cc1c(C(=O)NCc2ccc(F)cc2)c2cc(O)ccc2n1C. The lowest BCUT2D eigenvalue weighted by Crippen LogP contribution is -2.23. The van der Waals surface area contributed by atoms with Gasteiger partial charge in [-0.25, -0.2) is 4.39 Å². The minimum absolute atomic E-state index is 0.121. The maximum absolute atomic E-state index is 12.9. The Kier molecular flexibility index (Phi) is 3.78. The van der Waals surface area contributed by atoms with Gasteiger partial charge in [0.05, 0.1) is 5.56 Å². The number of carbonyl (C=O) groups excluding carboxylic acids is 1. The number of hydrogen-bond acceptors (Lipinski definition) is 2. The molecule has 2 aromatic carbocycles. The first-order valence-electron chi connectivity index (χ1n) is 7.28. The molecule has 118 valence electrons. The molecule has 0 spiro atoms. The number of fused-ring (bicyclic) bond motifs is 1. The lowest BCUT2D eigenvalue weighted by Gasteiger charge is -2.06. The molecule has 0 radical (unpaired) electrons. The van der Waals surface area contributed by atoms with Crippen LogP contribution >= 0.6 is 0 Å². The van der Waals surface area contributed by atoms with Gasteiger partial charge in [0, 0.05) is 30.2 Å². The Morgan fingerprint density at radius 2 is 1.91 bits per heavy atom. The molecule has 0 aliphatic carbocycles. The number of hydrogen-bond donors (Lipinski definition) is 2. The monoisotopic (exact) mass is 312 g/mol. The summed E-state index contributed by atoms with van der Waals surface area (Å²) >= 11 is 0. The number of phenols is 1. The van der Waals surface area contributed by atoms with Gasteiger partial charge >= 0.3 is 0 Å². The number of rotatable bonds is 3. The summed E-state index contributed by atoms with van der Waals surface area (Å²) in [6.07, 6.45) is 0. The van der Waals surface area contributed by atoms with Crippen LogP contribution in [0.15, 0.2) is 42.5 Å². The van der Waals surface area contributed by atoms with Gasteiger partial charge in [-0.1, -0.05) is 12.1 Å². The van der Waals surface area contributed by atoms with E-state index in [0.29, 0.717) is 17.5 Å². The minimum atomic E-state index is -0.305. The van der Waals surface area contributed by atoms with Crippen LogP contribution in [0.25, 0.3) is 10.9 Å². The number of aromatic hydroxyl groups is 1. The summed E-state index contributed by atoms with van der Waals surface area (Å²) < 4.78 is 14.8. The zero-order valence-corrected chi connectivity index (χ0v) is 12.9. The molecule has 0 atom stereocenters. The van der Waals surface area contributed by atoms with Crippen molar-refractivity contribution in [2.75, 3.05) is 0 Å². The largest absolute Gasteiger partial charge is 0.508 e. The third kappa shape index (κ3) is 2.77. The number of carbonyl (C=O) groups is 1. The highest BCUT2D eigenvalue weighted by molar-refractivity contribution is 6.08. The number of benzene rings is 2. The second kappa shape index (κ2) is 5.76. The quantitative estimate of drug-likeness (QED) is 0.780. The molecule has 4 nitrogen and oxygen atoms in total. The van der Waals surface area contributed by atoms with E-state index in [2.05, 4.69) is 5.32 Å². The third-order valence-corrected chi connectivity index (χ3v) is 4.07. The topological polar surface area (TPSA) is 54.3 Å². The summed E-state index contributed by atoms with van der Waals surface area (Å²) in [5, 5.41) is 13.2. The highest BCUT2D eigenvalue weighted by Crippen LogP contribution is 2.28. The fraction of sp³-hybridized carbons (Fsp3) is 0.167. The van der Waals surface area contributed by atoms with E-state index < -0.39 is 0 Å². The van der Waals surface area contributed by atoms with E-state index in [1.54, 1.807) is 30.3 Å². The highest BCUT2D eigenvalue weighted by atomic mass is 19.1. The Morgan fingerprint density at radius 3 is 2.61 bits per heavy atom. The van der Waals surface area contributed by atoms with E-state index in [-0.39, 0.29) is 17.5 Å². The maximum atomic E-state index is 12.9. The van der Waals surface area contributed by atoms with Gasteiger partial charge in [-0.3, -0.25) is 4.79 Å². The number of nitrogens with one attached hydrogen (secondary N) is 1. The summed E-state index contributed by atoms with van der Waals surface area (Å²) in [5.41, 5.74) is 3.07. The average Bonchev–Trinajstić information content (AvgIpc) is 2.77. The van der Waals surface area contributed by atoms with Gasteiger partial charge in [-0.15, -0.1) is 0 Å². The molecular weight excluding hydrogens is 295 g/mol. The first-order chi connectivity index (χ1) is 11.0. The zero-order valence-electron chi connectivity index (χ0n) is 12.9. The van der Waals surface area contributed by atoms with E-state index in [0.717, 1.165) is 16.8 Å². The minimum Gasteiger partial charge on any atom is -0.508 e. The normalized spacial score (nSPS) is 10.9. The highest BCUT2D eigenvalue weighted by Gasteiger charge is 2.18. The molecule has 0 fully saturated rings. The van der Waals surface area contributed by atoms with E-state index in [4.69, 9.17) is 0 Å². The molecule has 1 aromatic heterocycles.